The van der Waals surface area contributed by atoms with Crippen molar-refractivity contribution in [1.29, 1.82) is 0 Å². The van der Waals surface area contributed by atoms with E-state index in [1.54, 1.807) is 20.8 Å². The molecule has 1 heterocycles. The molecular formula is C14H22N2O6S. The van der Waals surface area contributed by atoms with Gasteiger partial charge in [0.1, 0.15) is 11.6 Å². The van der Waals surface area contributed by atoms with Gasteiger partial charge in [0, 0.05) is 12.8 Å². The van der Waals surface area contributed by atoms with Crippen LogP contribution in [0.3, 0.4) is 0 Å². The van der Waals surface area contributed by atoms with E-state index in [1.807, 2.05) is 6.26 Å². The number of hydrogen-bond donors (Lipinski definition) is 1. The molecule has 0 radical (unpaired) electrons. The number of alkyl carbamates (subject to hydrolysis) is 1. The molecule has 1 atom stereocenters. The second kappa shape index (κ2) is 8.19. The first-order valence-corrected chi connectivity index (χ1v) is 8.59. The molecule has 1 aliphatic rings. The van der Waals surface area contributed by atoms with Crippen molar-refractivity contribution < 1.29 is 28.8 Å². The number of hydrogen-bond acceptors (Lipinski definition) is 7. The first-order valence-electron chi connectivity index (χ1n) is 7.20. The van der Waals surface area contributed by atoms with E-state index in [9.17, 15) is 19.2 Å². The molecule has 0 spiro atoms. The number of amides is 3. The van der Waals surface area contributed by atoms with Gasteiger partial charge < -0.3 is 14.9 Å². The molecule has 0 saturated carbocycles. The van der Waals surface area contributed by atoms with Crippen LogP contribution in [-0.4, -0.2) is 52.6 Å². The van der Waals surface area contributed by atoms with E-state index >= 15 is 0 Å². The summed E-state index contributed by atoms with van der Waals surface area (Å²) >= 11 is 1.48. The minimum Gasteiger partial charge on any atom is -0.444 e. The third kappa shape index (κ3) is 6.47. The second-order valence-corrected chi connectivity index (χ2v) is 6.96. The number of hydroxylamine groups is 2. The Labute approximate surface area is 139 Å². The Morgan fingerprint density at radius 1 is 1.26 bits per heavy atom. The predicted octanol–water partition coefficient (Wildman–Crippen LogP) is 1.24. The van der Waals surface area contributed by atoms with Gasteiger partial charge in [0.15, 0.2) is 0 Å². The van der Waals surface area contributed by atoms with E-state index in [-0.39, 0.29) is 19.3 Å². The normalized spacial score (nSPS) is 16.3. The van der Waals surface area contributed by atoms with Crippen LogP contribution < -0.4 is 5.32 Å². The Bertz CT molecular complexity index is 472. The van der Waals surface area contributed by atoms with Gasteiger partial charge in [-0.25, -0.2) is 9.59 Å². The maximum absolute atomic E-state index is 12.1. The number of nitrogens with zero attached hydrogens (tertiary/aromatic N) is 1. The highest BCUT2D eigenvalue weighted by molar-refractivity contribution is 7.98. The minimum atomic E-state index is -1.00. The molecule has 130 valence electrons. The summed E-state index contributed by atoms with van der Waals surface area (Å²) in [5.74, 6) is -1.42. The van der Waals surface area contributed by atoms with Crippen LogP contribution in [-0.2, 0) is 24.0 Å². The summed E-state index contributed by atoms with van der Waals surface area (Å²) in [6.07, 6.45) is 1.40. The molecule has 1 saturated heterocycles. The van der Waals surface area contributed by atoms with Gasteiger partial charge in [-0.05, 0) is 39.2 Å². The van der Waals surface area contributed by atoms with E-state index in [0.29, 0.717) is 10.8 Å². The fourth-order valence-electron chi connectivity index (χ4n) is 1.75. The van der Waals surface area contributed by atoms with E-state index in [0.717, 1.165) is 0 Å². The number of carbonyl (C=O) groups excluding carboxylic acids is 4. The summed E-state index contributed by atoms with van der Waals surface area (Å²) in [5.41, 5.74) is -0.709. The van der Waals surface area contributed by atoms with Crippen molar-refractivity contribution in [3.8, 4) is 0 Å². The zero-order valence-electron chi connectivity index (χ0n) is 13.7. The van der Waals surface area contributed by atoms with Crippen molar-refractivity contribution in [3.63, 3.8) is 0 Å². The monoisotopic (exact) mass is 346 g/mol. The molecule has 1 rings (SSSR count). The van der Waals surface area contributed by atoms with E-state index in [4.69, 9.17) is 9.57 Å². The number of imide groups is 1. The summed E-state index contributed by atoms with van der Waals surface area (Å²) in [5, 5.41) is 2.88. The van der Waals surface area contributed by atoms with E-state index < -0.39 is 35.5 Å². The topological polar surface area (TPSA) is 102 Å². The summed E-state index contributed by atoms with van der Waals surface area (Å²) in [6.45, 7) is 5.09. The summed E-state index contributed by atoms with van der Waals surface area (Å²) < 4.78 is 5.10. The summed E-state index contributed by atoms with van der Waals surface area (Å²) in [7, 11) is 0. The fourth-order valence-corrected chi connectivity index (χ4v) is 2.22. The average molecular weight is 346 g/mol. The smallest absolute Gasteiger partial charge is 0.408 e. The largest absolute Gasteiger partial charge is 0.444 e. The second-order valence-electron chi connectivity index (χ2n) is 5.97. The van der Waals surface area contributed by atoms with Gasteiger partial charge in [-0.3, -0.25) is 9.59 Å². The van der Waals surface area contributed by atoms with Gasteiger partial charge >= 0.3 is 12.1 Å². The average Bonchev–Trinajstić information content (AvgIpc) is 2.73. The molecule has 3 amide bonds. The molecule has 1 N–H and O–H groups in total. The number of ether oxygens (including phenoxy) is 1. The molecule has 0 aromatic carbocycles. The lowest BCUT2D eigenvalue weighted by molar-refractivity contribution is -0.198. The molecule has 1 aliphatic heterocycles. The lowest BCUT2D eigenvalue weighted by Gasteiger charge is -2.23. The molecule has 8 nitrogen and oxygen atoms in total. The van der Waals surface area contributed by atoms with Crippen molar-refractivity contribution in [2.45, 2.75) is 51.7 Å². The third-order valence-corrected chi connectivity index (χ3v) is 3.42. The van der Waals surface area contributed by atoms with Crippen LogP contribution in [0.1, 0.15) is 40.0 Å². The number of thioether (sulfide) groups is 1. The third-order valence-electron chi connectivity index (χ3n) is 2.77. The highest BCUT2D eigenvalue weighted by Gasteiger charge is 2.35. The maximum atomic E-state index is 12.1. The van der Waals surface area contributed by atoms with E-state index in [2.05, 4.69) is 5.32 Å². The Balaban J connectivity index is 2.68. The molecule has 0 aromatic heterocycles. The van der Waals surface area contributed by atoms with Gasteiger partial charge in [-0.15, -0.1) is 5.06 Å². The number of carbonyl (C=O) groups is 4. The van der Waals surface area contributed by atoms with Crippen LogP contribution in [0.25, 0.3) is 0 Å². The predicted molar refractivity (Wildman–Crippen MR) is 83.3 cm³/mol. The molecule has 0 bridgehead atoms. The number of rotatable bonds is 6. The van der Waals surface area contributed by atoms with E-state index in [1.165, 1.54) is 11.8 Å². The van der Waals surface area contributed by atoms with Crippen LogP contribution in [0.4, 0.5) is 4.79 Å². The molecule has 9 heteroatoms. The molecular weight excluding hydrogens is 324 g/mol. The highest BCUT2D eigenvalue weighted by atomic mass is 32.2. The van der Waals surface area contributed by atoms with Crippen LogP contribution in [0.2, 0.25) is 0 Å². The molecule has 0 unspecified atom stereocenters. The number of nitrogens with one attached hydrogen (secondary N) is 1. The maximum Gasteiger partial charge on any atom is 0.408 e. The Morgan fingerprint density at radius 2 is 1.83 bits per heavy atom. The molecule has 1 fully saturated rings. The van der Waals surface area contributed by atoms with Crippen molar-refractivity contribution in [1.82, 2.24) is 10.4 Å². The van der Waals surface area contributed by atoms with Crippen molar-refractivity contribution in [2.24, 2.45) is 0 Å². The van der Waals surface area contributed by atoms with Gasteiger partial charge in [0.05, 0.1) is 0 Å². The zero-order chi connectivity index (χ0) is 17.6. The van der Waals surface area contributed by atoms with Gasteiger partial charge in [-0.2, -0.15) is 11.8 Å². The summed E-state index contributed by atoms with van der Waals surface area (Å²) in [4.78, 5) is 51.8. The Morgan fingerprint density at radius 3 is 2.30 bits per heavy atom. The standard InChI is InChI=1S/C14H22N2O6S/c1-14(2,3)21-13(20)15-9(7-8-23-4)12(19)22-16-10(17)5-6-11(16)18/h9H,5-8H2,1-4H3,(H,15,20)/t9-/m0/s1. The molecule has 23 heavy (non-hydrogen) atoms. The highest BCUT2D eigenvalue weighted by Crippen LogP contribution is 2.14. The lowest BCUT2D eigenvalue weighted by Crippen LogP contribution is -2.47. The van der Waals surface area contributed by atoms with Crippen LogP contribution in [0.15, 0.2) is 0 Å². The van der Waals surface area contributed by atoms with Crippen molar-refractivity contribution >= 4 is 35.6 Å². The first kappa shape index (κ1) is 19.3. The van der Waals surface area contributed by atoms with Crippen LogP contribution in [0, 0.1) is 0 Å². The first-order chi connectivity index (χ1) is 10.6. The summed E-state index contributed by atoms with van der Waals surface area (Å²) in [6, 6.07) is -1.00. The SMILES string of the molecule is CSCC[C@H](NC(=O)OC(C)(C)C)C(=O)ON1C(=O)CCC1=O. The van der Waals surface area contributed by atoms with Crippen LogP contribution in [0.5, 0.6) is 0 Å². The van der Waals surface area contributed by atoms with Crippen molar-refractivity contribution in [2.75, 3.05) is 12.0 Å². The lowest BCUT2D eigenvalue weighted by atomic mass is 10.2. The Kier molecular flexibility index (Phi) is 6.86. The fraction of sp³-hybridized carbons (Fsp3) is 0.714. The minimum absolute atomic E-state index is 0.0150. The Hall–Kier alpha value is -1.77. The molecule has 0 aliphatic carbocycles. The zero-order valence-corrected chi connectivity index (χ0v) is 14.5. The van der Waals surface area contributed by atoms with Crippen molar-refractivity contribution in [3.05, 3.63) is 0 Å². The van der Waals surface area contributed by atoms with Gasteiger partial charge in [0.25, 0.3) is 11.8 Å². The van der Waals surface area contributed by atoms with Gasteiger partial charge in [0.2, 0.25) is 0 Å². The van der Waals surface area contributed by atoms with Crippen LogP contribution >= 0.6 is 11.8 Å². The quantitative estimate of drug-likeness (QED) is 0.722. The van der Waals surface area contributed by atoms with Gasteiger partial charge in [-0.1, -0.05) is 0 Å². The molecule has 0 aromatic rings.